The molecule has 3 rings (SSSR count). The van der Waals surface area contributed by atoms with Crippen LogP contribution in [0.1, 0.15) is 5.56 Å². The van der Waals surface area contributed by atoms with Crippen LogP contribution in [-0.2, 0) is 6.61 Å². The van der Waals surface area contributed by atoms with Crippen LogP contribution in [0.5, 0.6) is 0 Å². The molecule has 0 amide bonds. The highest BCUT2D eigenvalue weighted by Gasteiger charge is 2.11. The summed E-state index contributed by atoms with van der Waals surface area (Å²) in [6.07, 6.45) is 1.76. The molecule has 0 bridgehead atoms. The average molecular weight is 257 g/mol. The number of benzene rings is 1. The fraction of sp³-hybridized carbons (Fsp3) is 0.0714. The van der Waals surface area contributed by atoms with E-state index >= 15 is 0 Å². The Morgan fingerprint density at radius 1 is 1.21 bits per heavy atom. The molecule has 2 aromatic heterocycles. The van der Waals surface area contributed by atoms with Crippen molar-refractivity contribution >= 4 is 11.5 Å². The molecule has 3 N–H and O–H groups in total. The Morgan fingerprint density at radius 2 is 1.95 bits per heavy atom. The lowest BCUT2D eigenvalue weighted by atomic mass is 10.1. The molecule has 19 heavy (non-hydrogen) atoms. The van der Waals surface area contributed by atoms with Gasteiger partial charge in [-0.2, -0.15) is 0 Å². The van der Waals surface area contributed by atoms with Crippen molar-refractivity contribution in [2.45, 2.75) is 6.61 Å². The molecule has 96 valence electrons. The van der Waals surface area contributed by atoms with E-state index in [2.05, 4.69) is 4.98 Å². The van der Waals surface area contributed by atoms with Crippen molar-refractivity contribution < 1.29 is 9.50 Å². The van der Waals surface area contributed by atoms with Crippen molar-refractivity contribution in [1.82, 2.24) is 9.38 Å². The van der Waals surface area contributed by atoms with E-state index in [0.29, 0.717) is 17.2 Å². The van der Waals surface area contributed by atoms with Crippen molar-refractivity contribution in [2.24, 2.45) is 0 Å². The first-order valence-corrected chi connectivity index (χ1v) is 5.82. The van der Waals surface area contributed by atoms with Gasteiger partial charge in [-0.3, -0.25) is 4.40 Å². The topological polar surface area (TPSA) is 63.5 Å². The number of nitrogens with two attached hydrogens (primary N) is 1. The van der Waals surface area contributed by atoms with Gasteiger partial charge in [-0.05, 0) is 42.0 Å². The third kappa shape index (κ3) is 1.94. The van der Waals surface area contributed by atoms with Crippen LogP contribution < -0.4 is 5.73 Å². The molecule has 0 spiro atoms. The lowest BCUT2D eigenvalue weighted by Gasteiger charge is -2.00. The van der Waals surface area contributed by atoms with Crippen LogP contribution in [0.2, 0.25) is 0 Å². The molecule has 0 aliphatic heterocycles. The highest BCUT2D eigenvalue weighted by molar-refractivity contribution is 5.75. The summed E-state index contributed by atoms with van der Waals surface area (Å²) in [4.78, 5) is 4.43. The summed E-state index contributed by atoms with van der Waals surface area (Å²) < 4.78 is 14.7. The molecular formula is C14H12FN3O. The van der Waals surface area contributed by atoms with Crippen LogP contribution >= 0.6 is 0 Å². The third-order valence-corrected chi connectivity index (χ3v) is 3.03. The zero-order chi connectivity index (χ0) is 13.4. The summed E-state index contributed by atoms with van der Waals surface area (Å²) in [5, 5.41) is 9.11. The predicted molar refractivity (Wildman–Crippen MR) is 70.9 cm³/mol. The van der Waals surface area contributed by atoms with Gasteiger partial charge in [0, 0.05) is 11.8 Å². The van der Waals surface area contributed by atoms with E-state index in [1.54, 1.807) is 34.9 Å². The van der Waals surface area contributed by atoms with E-state index in [-0.39, 0.29) is 12.4 Å². The number of aliphatic hydroxyl groups excluding tert-OH is 1. The molecule has 3 aromatic rings. The minimum absolute atomic E-state index is 0.0465. The van der Waals surface area contributed by atoms with Gasteiger partial charge in [0.1, 0.15) is 23.0 Å². The number of fused-ring (bicyclic) bond motifs is 1. The van der Waals surface area contributed by atoms with Gasteiger partial charge >= 0.3 is 0 Å². The second kappa shape index (κ2) is 4.37. The third-order valence-electron chi connectivity index (χ3n) is 3.03. The molecule has 0 aliphatic carbocycles. The van der Waals surface area contributed by atoms with E-state index in [1.807, 2.05) is 0 Å². The lowest BCUT2D eigenvalue weighted by molar-refractivity contribution is 0.282. The number of aromatic nitrogens is 2. The molecule has 2 heterocycles. The zero-order valence-electron chi connectivity index (χ0n) is 10.0. The molecule has 0 unspecified atom stereocenters. The van der Waals surface area contributed by atoms with E-state index in [0.717, 1.165) is 11.1 Å². The summed E-state index contributed by atoms with van der Waals surface area (Å²) in [5.74, 6) is 0.194. The quantitative estimate of drug-likeness (QED) is 0.739. The van der Waals surface area contributed by atoms with Crippen LogP contribution in [0.25, 0.3) is 16.9 Å². The summed E-state index contributed by atoms with van der Waals surface area (Å²) >= 11 is 0. The van der Waals surface area contributed by atoms with E-state index < -0.39 is 0 Å². The Balaban J connectivity index is 2.19. The van der Waals surface area contributed by atoms with Crippen LogP contribution in [0.3, 0.4) is 0 Å². The number of imidazole rings is 1. The summed E-state index contributed by atoms with van der Waals surface area (Å²) in [6, 6.07) is 9.57. The number of rotatable bonds is 2. The lowest BCUT2D eigenvalue weighted by Crippen LogP contribution is -1.95. The van der Waals surface area contributed by atoms with Gasteiger partial charge < -0.3 is 10.8 Å². The first-order valence-electron chi connectivity index (χ1n) is 5.82. The molecule has 0 atom stereocenters. The second-order valence-electron chi connectivity index (χ2n) is 4.27. The molecule has 4 nitrogen and oxygen atoms in total. The number of hydrogen-bond donors (Lipinski definition) is 2. The number of halogens is 1. The summed E-state index contributed by atoms with van der Waals surface area (Å²) in [7, 11) is 0. The number of aliphatic hydroxyl groups is 1. The number of nitrogens with zero attached hydrogens (tertiary/aromatic N) is 2. The summed E-state index contributed by atoms with van der Waals surface area (Å²) in [6.45, 7) is -0.0465. The van der Waals surface area contributed by atoms with E-state index in [9.17, 15) is 4.39 Å². The molecule has 0 radical (unpaired) electrons. The van der Waals surface area contributed by atoms with Crippen LogP contribution in [0.15, 0.2) is 42.6 Å². The Bertz CT molecular complexity index is 734. The second-order valence-corrected chi connectivity index (χ2v) is 4.27. The normalized spacial score (nSPS) is 11.1. The maximum absolute atomic E-state index is 12.9. The first kappa shape index (κ1) is 11.7. The largest absolute Gasteiger partial charge is 0.392 e. The maximum Gasteiger partial charge on any atom is 0.139 e. The molecule has 0 saturated heterocycles. The van der Waals surface area contributed by atoms with Crippen LogP contribution in [0.4, 0.5) is 10.2 Å². The van der Waals surface area contributed by atoms with Crippen molar-refractivity contribution in [1.29, 1.82) is 0 Å². The Kier molecular flexibility index (Phi) is 2.68. The molecule has 0 saturated carbocycles. The molecular weight excluding hydrogens is 245 g/mol. The van der Waals surface area contributed by atoms with Gasteiger partial charge in [-0.15, -0.1) is 0 Å². The fourth-order valence-corrected chi connectivity index (χ4v) is 2.02. The Labute approximate surface area is 108 Å². The smallest absolute Gasteiger partial charge is 0.139 e. The van der Waals surface area contributed by atoms with Crippen molar-refractivity contribution in [2.75, 3.05) is 5.73 Å². The SMILES string of the molecule is Nc1c(-c2ccc(F)cc2)nc2cc(CO)ccn12. The van der Waals surface area contributed by atoms with Gasteiger partial charge in [0.15, 0.2) is 0 Å². The van der Waals surface area contributed by atoms with Gasteiger partial charge in [0.25, 0.3) is 0 Å². The molecule has 5 heteroatoms. The maximum atomic E-state index is 12.9. The van der Waals surface area contributed by atoms with Gasteiger partial charge in [0.2, 0.25) is 0 Å². The Morgan fingerprint density at radius 3 is 2.63 bits per heavy atom. The van der Waals surface area contributed by atoms with Crippen molar-refractivity contribution in [3.63, 3.8) is 0 Å². The Hall–Kier alpha value is -2.40. The van der Waals surface area contributed by atoms with Crippen LogP contribution in [-0.4, -0.2) is 14.5 Å². The predicted octanol–water partition coefficient (Wildman–Crippen LogP) is 2.21. The van der Waals surface area contributed by atoms with Gasteiger partial charge in [0.05, 0.1) is 6.61 Å². The standard InChI is InChI=1S/C14H12FN3O/c15-11-3-1-10(2-4-11)13-14(16)18-6-5-9(8-19)7-12(18)17-13/h1-7,19H,8,16H2. The van der Waals surface area contributed by atoms with E-state index in [1.165, 1.54) is 12.1 Å². The van der Waals surface area contributed by atoms with E-state index in [4.69, 9.17) is 10.8 Å². The highest BCUT2D eigenvalue weighted by Crippen LogP contribution is 2.26. The fourth-order valence-electron chi connectivity index (χ4n) is 2.02. The minimum Gasteiger partial charge on any atom is -0.392 e. The molecule has 0 fully saturated rings. The average Bonchev–Trinajstić information content (AvgIpc) is 2.76. The van der Waals surface area contributed by atoms with Gasteiger partial charge in [-0.1, -0.05) is 0 Å². The molecule has 0 aliphatic rings. The van der Waals surface area contributed by atoms with Crippen molar-refractivity contribution in [3.05, 3.63) is 54.0 Å². The monoisotopic (exact) mass is 257 g/mol. The number of hydrogen-bond acceptors (Lipinski definition) is 3. The summed E-state index contributed by atoms with van der Waals surface area (Å²) in [5.41, 5.74) is 8.83. The minimum atomic E-state index is -0.298. The first-order chi connectivity index (χ1) is 9.19. The molecule has 1 aromatic carbocycles. The number of nitrogen functional groups attached to an aromatic ring is 1. The number of pyridine rings is 1. The number of anilines is 1. The van der Waals surface area contributed by atoms with Gasteiger partial charge in [-0.25, -0.2) is 9.37 Å². The van der Waals surface area contributed by atoms with Crippen LogP contribution in [0, 0.1) is 5.82 Å². The zero-order valence-corrected chi connectivity index (χ0v) is 10.0. The van der Waals surface area contributed by atoms with Crippen molar-refractivity contribution in [3.8, 4) is 11.3 Å². The highest BCUT2D eigenvalue weighted by atomic mass is 19.1.